The van der Waals surface area contributed by atoms with Crippen molar-refractivity contribution in [1.82, 2.24) is 0 Å². The number of hydrogen-bond acceptors (Lipinski definition) is 3. The lowest BCUT2D eigenvalue weighted by Gasteiger charge is -2.59. The van der Waals surface area contributed by atoms with Crippen molar-refractivity contribution < 1.29 is 14.4 Å². The number of carbonyl (C=O) groups is 3. The molecule has 0 aromatic heterocycles. The van der Waals surface area contributed by atoms with E-state index in [4.69, 9.17) is 0 Å². The monoisotopic (exact) mass is 302 g/mol. The van der Waals surface area contributed by atoms with Gasteiger partial charge in [0, 0.05) is 6.42 Å². The van der Waals surface area contributed by atoms with Crippen LogP contribution in [0.15, 0.2) is 0 Å². The number of carbonyl (C=O) groups excluding carboxylic acids is 3. The lowest BCUT2D eigenvalue weighted by molar-refractivity contribution is -0.150. The van der Waals surface area contributed by atoms with Crippen molar-refractivity contribution in [2.75, 3.05) is 0 Å². The molecule has 4 rings (SSSR count). The van der Waals surface area contributed by atoms with Crippen LogP contribution in [-0.2, 0) is 14.4 Å². The highest BCUT2D eigenvalue weighted by Crippen LogP contribution is 2.64. The van der Waals surface area contributed by atoms with Crippen molar-refractivity contribution in [3.63, 3.8) is 0 Å². The summed E-state index contributed by atoms with van der Waals surface area (Å²) in [5.41, 5.74) is -0.568. The number of ketones is 2. The van der Waals surface area contributed by atoms with Crippen molar-refractivity contribution in [2.45, 2.75) is 64.7 Å². The first-order valence-electron chi connectivity index (χ1n) is 9.07. The number of fused-ring (bicyclic) bond motifs is 5. The molecule has 1 unspecified atom stereocenters. The van der Waals surface area contributed by atoms with Crippen molar-refractivity contribution in [3.8, 4) is 0 Å². The molecule has 0 N–H and O–H groups in total. The van der Waals surface area contributed by atoms with Crippen LogP contribution in [0.4, 0.5) is 0 Å². The molecule has 6 atom stereocenters. The molecule has 3 nitrogen and oxygen atoms in total. The van der Waals surface area contributed by atoms with Gasteiger partial charge in [-0.25, -0.2) is 0 Å². The fourth-order valence-corrected chi connectivity index (χ4v) is 6.83. The van der Waals surface area contributed by atoms with Crippen molar-refractivity contribution in [3.05, 3.63) is 0 Å². The Morgan fingerprint density at radius 2 is 1.82 bits per heavy atom. The van der Waals surface area contributed by atoms with Gasteiger partial charge in [0.25, 0.3) is 0 Å². The Bertz CT molecular complexity index is 539. The zero-order valence-corrected chi connectivity index (χ0v) is 13.5. The zero-order valence-electron chi connectivity index (χ0n) is 13.5. The fraction of sp³-hybridized carbons (Fsp3) is 0.842. The molecule has 4 aliphatic rings. The molecule has 120 valence electrons. The van der Waals surface area contributed by atoms with Gasteiger partial charge in [-0.3, -0.25) is 9.59 Å². The topological polar surface area (TPSA) is 51.2 Å². The fourth-order valence-electron chi connectivity index (χ4n) is 6.83. The molecule has 0 aromatic rings. The van der Waals surface area contributed by atoms with Gasteiger partial charge >= 0.3 is 0 Å². The molecule has 4 aliphatic carbocycles. The van der Waals surface area contributed by atoms with E-state index in [1.54, 1.807) is 0 Å². The van der Waals surface area contributed by atoms with Gasteiger partial charge < -0.3 is 4.79 Å². The second-order valence-corrected chi connectivity index (χ2v) is 8.56. The van der Waals surface area contributed by atoms with Gasteiger partial charge in [0.1, 0.15) is 6.29 Å². The average molecular weight is 302 g/mol. The first-order chi connectivity index (χ1) is 10.5. The summed E-state index contributed by atoms with van der Waals surface area (Å²) in [5, 5.41) is 0. The summed E-state index contributed by atoms with van der Waals surface area (Å²) in [6, 6.07) is 0. The predicted molar refractivity (Wildman–Crippen MR) is 82.1 cm³/mol. The van der Waals surface area contributed by atoms with Gasteiger partial charge in [-0.15, -0.1) is 0 Å². The van der Waals surface area contributed by atoms with Gasteiger partial charge in [-0.05, 0) is 67.6 Å². The van der Waals surface area contributed by atoms with E-state index in [2.05, 4.69) is 6.92 Å². The maximum Gasteiger partial charge on any atom is 0.211 e. The summed E-state index contributed by atoms with van der Waals surface area (Å²) in [5.74, 6) is 1.19. The van der Waals surface area contributed by atoms with Gasteiger partial charge in [0.05, 0.1) is 5.41 Å². The zero-order chi connectivity index (χ0) is 15.5. The van der Waals surface area contributed by atoms with Crippen LogP contribution in [0.3, 0.4) is 0 Å². The van der Waals surface area contributed by atoms with E-state index in [1.807, 2.05) is 0 Å². The largest absolute Gasteiger partial charge is 0.302 e. The number of Topliss-reactive ketones (excluding diaryl/α,β-unsaturated/α-hetero) is 2. The number of hydrogen-bond donors (Lipinski definition) is 0. The van der Waals surface area contributed by atoms with Crippen LogP contribution in [0, 0.1) is 34.5 Å². The van der Waals surface area contributed by atoms with Crippen molar-refractivity contribution in [2.24, 2.45) is 34.5 Å². The molecule has 0 saturated heterocycles. The van der Waals surface area contributed by atoms with Crippen LogP contribution in [0.2, 0.25) is 0 Å². The van der Waals surface area contributed by atoms with Gasteiger partial charge in [-0.2, -0.15) is 0 Å². The molecule has 0 aliphatic heterocycles. The molecule has 3 heteroatoms. The molecule has 4 fully saturated rings. The van der Waals surface area contributed by atoms with Gasteiger partial charge in [-0.1, -0.05) is 19.8 Å². The highest BCUT2D eigenvalue weighted by Gasteiger charge is 2.64. The Balaban J connectivity index is 1.71. The molecule has 0 spiro atoms. The Morgan fingerprint density at radius 3 is 2.59 bits per heavy atom. The van der Waals surface area contributed by atoms with E-state index < -0.39 is 5.41 Å². The van der Waals surface area contributed by atoms with E-state index >= 15 is 0 Å². The van der Waals surface area contributed by atoms with E-state index in [9.17, 15) is 14.4 Å². The normalized spacial score (nSPS) is 51.0. The summed E-state index contributed by atoms with van der Waals surface area (Å²) in [6.07, 6.45) is 10.4. The second kappa shape index (κ2) is 4.75. The SMILES string of the molecule is C[C@]12CCCCC1CC[C@@H]1[C@@H]2CC[C@]2(C=O)C(=O)C(=O)C[C@@H]12. The molecule has 4 saturated carbocycles. The van der Waals surface area contributed by atoms with E-state index in [-0.39, 0.29) is 17.5 Å². The smallest absolute Gasteiger partial charge is 0.211 e. The van der Waals surface area contributed by atoms with Crippen LogP contribution in [0.5, 0.6) is 0 Å². The van der Waals surface area contributed by atoms with E-state index in [0.717, 1.165) is 25.0 Å². The van der Waals surface area contributed by atoms with Gasteiger partial charge in [0.2, 0.25) is 5.78 Å². The van der Waals surface area contributed by atoms with E-state index in [0.29, 0.717) is 30.1 Å². The quantitative estimate of drug-likeness (QED) is 0.424. The third-order valence-electron chi connectivity index (χ3n) is 8.00. The minimum absolute atomic E-state index is 0.00320. The molecular formula is C19H26O3. The molecule has 0 aromatic carbocycles. The maximum absolute atomic E-state index is 12.3. The van der Waals surface area contributed by atoms with Crippen LogP contribution in [-0.4, -0.2) is 17.9 Å². The lowest BCUT2D eigenvalue weighted by Crippen LogP contribution is -2.54. The Morgan fingerprint density at radius 1 is 1.00 bits per heavy atom. The molecule has 0 bridgehead atoms. The van der Waals surface area contributed by atoms with E-state index in [1.165, 1.54) is 32.1 Å². The molecular weight excluding hydrogens is 276 g/mol. The minimum Gasteiger partial charge on any atom is -0.302 e. The predicted octanol–water partition coefficient (Wildman–Crippen LogP) is 3.35. The Hall–Kier alpha value is -0.990. The summed E-state index contributed by atoms with van der Waals surface area (Å²) < 4.78 is 0. The van der Waals surface area contributed by atoms with Gasteiger partial charge in [0.15, 0.2) is 5.78 Å². The van der Waals surface area contributed by atoms with Crippen LogP contribution < -0.4 is 0 Å². The standard InChI is InChI=1S/C19H26O3/c1-18-8-3-2-4-12(18)5-6-13-14(18)7-9-19(11-20)15(13)10-16(21)17(19)22/h11-15H,2-10H2,1H3/t12?,13-,14+,15+,18+,19-/m1/s1. The average Bonchev–Trinajstić information content (AvgIpc) is 2.79. The molecule has 22 heavy (non-hydrogen) atoms. The molecule has 0 radical (unpaired) electrons. The lowest BCUT2D eigenvalue weighted by atomic mass is 9.45. The summed E-state index contributed by atoms with van der Waals surface area (Å²) in [4.78, 5) is 36.2. The maximum atomic E-state index is 12.3. The van der Waals surface area contributed by atoms with Crippen LogP contribution in [0.1, 0.15) is 64.7 Å². The third-order valence-corrected chi connectivity index (χ3v) is 8.00. The molecule has 0 amide bonds. The number of aldehydes is 1. The third kappa shape index (κ3) is 1.66. The highest BCUT2D eigenvalue weighted by molar-refractivity contribution is 6.44. The summed E-state index contributed by atoms with van der Waals surface area (Å²) in [7, 11) is 0. The van der Waals surface area contributed by atoms with Crippen LogP contribution in [0.25, 0.3) is 0 Å². The van der Waals surface area contributed by atoms with Crippen molar-refractivity contribution >= 4 is 17.9 Å². The minimum atomic E-state index is -0.948. The van der Waals surface area contributed by atoms with Crippen LogP contribution >= 0.6 is 0 Å². The Kier molecular flexibility index (Phi) is 3.15. The van der Waals surface area contributed by atoms with Crippen molar-refractivity contribution in [1.29, 1.82) is 0 Å². The highest BCUT2D eigenvalue weighted by atomic mass is 16.2. The summed E-state index contributed by atoms with van der Waals surface area (Å²) >= 11 is 0. The Labute approximate surface area is 132 Å². The summed E-state index contributed by atoms with van der Waals surface area (Å²) in [6.45, 7) is 2.46. The number of rotatable bonds is 1. The first kappa shape index (κ1) is 14.6. The first-order valence-corrected chi connectivity index (χ1v) is 9.07. The second-order valence-electron chi connectivity index (χ2n) is 8.56. The molecule has 0 heterocycles.